The van der Waals surface area contributed by atoms with Crippen LogP contribution in [0.15, 0.2) is 48.5 Å². The van der Waals surface area contributed by atoms with Gasteiger partial charge in [0.05, 0.1) is 6.26 Å². The lowest BCUT2D eigenvalue weighted by molar-refractivity contribution is 0.176. The summed E-state index contributed by atoms with van der Waals surface area (Å²) in [5, 5.41) is 8.71. The molecule has 34 heavy (non-hydrogen) atoms. The Labute approximate surface area is 202 Å². The molecule has 0 bridgehead atoms. The Balaban J connectivity index is 1.30. The number of hydrogen-bond donors (Lipinski definition) is 1. The molecule has 182 valence electrons. The molecule has 1 aliphatic heterocycles. The van der Waals surface area contributed by atoms with Crippen LogP contribution in [0.4, 0.5) is 5.69 Å². The molecule has 0 radical (unpaired) electrons. The average Bonchev–Trinajstić information content (AvgIpc) is 3.18. The molecule has 1 fully saturated rings. The van der Waals surface area contributed by atoms with E-state index in [9.17, 15) is 8.42 Å². The lowest BCUT2D eigenvalue weighted by atomic mass is 10.0. The average molecular weight is 484 g/mol. The highest BCUT2D eigenvalue weighted by atomic mass is 32.2. The van der Waals surface area contributed by atoms with Crippen LogP contribution >= 0.6 is 0 Å². The molecule has 0 unspecified atom stereocenters. The molecule has 1 aliphatic rings. The van der Waals surface area contributed by atoms with Crippen molar-refractivity contribution in [3.8, 4) is 11.5 Å². The number of ether oxygens (including phenoxy) is 1. The Kier molecular flexibility index (Phi) is 7.23. The maximum Gasteiger partial charge on any atom is 0.229 e. The molecular weight excluding hydrogens is 450 g/mol. The van der Waals surface area contributed by atoms with Gasteiger partial charge >= 0.3 is 0 Å². The van der Waals surface area contributed by atoms with Crippen molar-refractivity contribution in [2.24, 2.45) is 0 Å². The second kappa shape index (κ2) is 10.1. The summed E-state index contributed by atoms with van der Waals surface area (Å²) in [5.41, 5.74) is 1.76. The van der Waals surface area contributed by atoms with Crippen LogP contribution in [-0.2, 0) is 16.6 Å². The zero-order valence-electron chi connectivity index (χ0n) is 20.2. The zero-order chi connectivity index (χ0) is 24.3. The summed E-state index contributed by atoms with van der Waals surface area (Å²) in [6.45, 7) is 9.41. The number of anilines is 1. The van der Waals surface area contributed by atoms with E-state index in [-0.39, 0.29) is 0 Å². The number of aromatic nitrogens is 3. The molecule has 4 rings (SSSR count). The minimum atomic E-state index is -3.29. The van der Waals surface area contributed by atoms with Crippen molar-refractivity contribution in [2.45, 2.75) is 52.1 Å². The van der Waals surface area contributed by atoms with Crippen LogP contribution in [0, 0.1) is 6.92 Å². The third-order valence-electron chi connectivity index (χ3n) is 6.05. The number of hydrogen-bond acceptors (Lipinski definition) is 6. The van der Waals surface area contributed by atoms with Crippen LogP contribution < -0.4 is 9.46 Å². The van der Waals surface area contributed by atoms with Gasteiger partial charge in [-0.05, 0) is 61.7 Å². The summed E-state index contributed by atoms with van der Waals surface area (Å²) in [4.78, 5) is 2.49. The SMILES string of the molecule is Cc1nnc(C(C)C)n1C1CCN(Cc2ccc(Oc3ccc(NS(C)(=O)=O)cc3)cc2)CC1. The van der Waals surface area contributed by atoms with Gasteiger partial charge in [0.2, 0.25) is 10.0 Å². The van der Waals surface area contributed by atoms with Gasteiger partial charge in [-0.25, -0.2) is 8.42 Å². The molecule has 0 amide bonds. The van der Waals surface area contributed by atoms with Crippen molar-refractivity contribution in [2.75, 3.05) is 24.1 Å². The number of aryl methyl sites for hydroxylation is 1. The lowest BCUT2D eigenvalue weighted by Gasteiger charge is -2.33. The number of piperidine rings is 1. The molecule has 8 nitrogen and oxygen atoms in total. The minimum Gasteiger partial charge on any atom is -0.457 e. The van der Waals surface area contributed by atoms with E-state index in [1.54, 1.807) is 24.3 Å². The van der Waals surface area contributed by atoms with Crippen LogP contribution in [-0.4, -0.2) is 47.4 Å². The first kappa shape index (κ1) is 24.2. The van der Waals surface area contributed by atoms with E-state index in [0.717, 1.165) is 56.1 Å². The van der Waals surface area contributed by atoms with Gasteiger partial charge in [-0.3, -0.25) is 9.62 Å². The standard InChI is InChI=1S/C25H33N5O3S/c1-18(2)25-27-26-19(3)30(25)22-13-15-29(16-14-22)17-20-5-9-23(10-6-20)33-24-11-7-21(8-12-24)28-34(4,31)32/h5-12,18,22,28H,13-17H2,1-4H3. The first-order chi connectivity index (χ1) is 16.2. The van der Waals surface area contributed by atoms with Crippen molar-refractivity contribution >= 4 is 15.7 Å². The molecule has 1 N–H and O–H groups in total. The molecule has 3 aromatic rings. The topological polar surface area (TPSA) is 89.3 Å². The van der Waals surface area contributed by atoms with Gasteiger partial charge < -0.3 is 9.30 Å². The summed E-state index contributed by atoms with van der Waals surface area (Å²) in [6, 6.07) is 15.5. The van der Waals surface area contributed by atoms with Gasteiger partial charge in [-0.2, -0.15) is 0 Å². The van der Waals surface area contributed by atoms with Crippen LogP contribution in [0.25, 0.3) is 0 Å². The molecule has 9 heteroatoms. The second-order valence-corrected chi connectivity index (χ2v) is 11.0. The van der Waals surface area contributed by atoms with E-state index in [1.807, 2.05) is 12.1 Å². The Hall–Kier alpha value is -2.91. The molecule has 0 saturated carbocycles. The predicted octanol–water partition coefficient (Wildman–Crippen LogP) is 4.71. The number of benzene rings is 2. The van der Waals surface area contributed by atoms with E-state index in [2.05, 4.69) is 57.3 Å². The molecule has 0 atom stereocenters. The van der Waals surface area contributed by atoms with E-state index in [1.165, 1.54) is 5.56 Å². The normalized spacial score (nSPS) is 15.6. The monoisotopic (exact) mass is 483 g/mol. The molecule has 2 aromatic carbocycles. The van der Waals surface area contributed by atoms with Crippen LogP contribution in [0.2, 0.25) is 0 Å². The highest BCUT2D eigenvalue weighted by Crippen LogP contribution is 2.29. The maximum atomic E-state index is 11.3. The maximum absolute atomic E-state index is 11.3. The van der Waals surface area contributed by atoms with E-state index in [0.29, 0.717) is 23.4 Å². The van der Waals surface area contributed by atoms with Crippen molar-refractivity contribution in [1.82, 2.24) is 19.7 Å². The summed E-state index contributed by atoms with van der Waals surface area (Å²) in [7, 11) is -3.29. The first-order valence-corrected chi connectivity index (χ1v) is 13.6. The third kappa shape index (κ3) is 6.15. The highest BCUT2D eigenvalue weighted by molar-refractivity contribution is 7.92. The van der Waals surface area contributed by atoms with Crippen molar-refractivity contribution < 1.29 is 13.2 Å². The van der Waals surface area contributed by atoms with Gasteiger partial charge in [-0.1, -0.05) is 26.0 Å². The molecule has 0 spiro atoms. The first-order valence-electron chi connectivity index (χ1n) is 11.7. The summed E-state index contributed by atoms with van der Waals surface area (Å²) in [5.74, 6) is 3.88. The Morgan fingerprint density at radius 2 is 1.59 bits per heavy atom. The second-order valence-electron chi connectivity index (χ2n) is 9.28. The molecule has 1 aromatic heterocycles. The van der Waals surface area contributed by atoms with Gasteiger partial charge in [0.1, 0.15) is 23.1 Å². The number of rotatable bonds is 8. The van der Waals surface area contributed by atoms with Gasteiger partial charge in [0, 0.05) is 37.3 Å². The van der Waals surface area contributed by atoms with Crippen LogP contribution in [0.3, 0.4) is 0 Å². The van der Waals surface area contributed by atoms with E-state index < -0.39 is 10.0 Å². The summed E-state index contributed by atoms with van der Waals surface area (Å²) < 4.78 is 33.3. The molecule has 1 saturated heterocycles. The highest BCUT2D eigenvalue weighted by Gasteiger charge is 2.25. The minimum absolute atomic E-state index is 0.377. The van der Waals surface area contributed by atoms with E-state index >= 15 is 0 Å². The molecular formula is C25H33N5O3S. The van der Waals surface area contributed by atoms with Crippen molar-refractivity contribution in [3.63, 3.8) is 0 Å². The Bertz CT molecular complexity index is 1200. The van der Waals surface area contributed by atoms with Crippen LogP contribution in [0.5, 0.6) is 11.5 Å². The third-order valence-corrected chi connectivity index (χ3v) is 6.66. The number of nitrogens with zero attached hydrogens (tertiary/aromatic N) is 4. The smallest absolute Gasteiger partial charge is 0.229 e. The quantitative estimate of drug-likeness (QED) is 0.499. The van der Waals surface area contributed by atoms with E-state index in [4.69, 9.17) is 4.74 Å². The number of nitrogens with one attached hydrogen (secondary N) is 1. The summed E-state index contributed by atoms with van der Waals surface area (Å²) in [6.07, 6.45) is 3.33. The van der Waals surface area contributed by atoms with Gasteiger partial charge in [0.15, 0.2) is 0 Å². The molecule has 2 heterocycles. The fraction of sp³-hybridized carbons (Fsp3) is 0.440. The van der Waals surface area contributed by atoms with Crippen molar-refractivity contribution in [1.29, 1.82) is 0 Å². The molecule has 0 aliphatic carbocycles. The fourth-order valence-corrected chi connectivity index (χ4v) is 4.99. The number of likely N-dealkylation sites (tertiary alicyclic amines) is 1. The predicted molar refractivity (Wildman–Crippen MR) is 134 cm³/mol. The fourth-order valence-electron chi connectivity index (χ4n) is 4.43. The lowest BCUT2D eigenvalue weighted by Crippen LogP contribution is -2.35. The summed E-state index contributed by atoms with van der Waals surface area (Å²) >= 11 is 0. The number of sulfonamides is 1. The van der Waals surface area contributed by atoms with Crippen molar-refractivity contribution in [3.05, 3.63) is 65.7 Å². The Morgan fingerprint density at radius 1 is 1.00 bits per heavy atom. The van der Waals surface area contributed by atoms with Gasteiger partial charge in [-0.15, -0.1) is 10.2 Å². The van der Waals surface area contributed by atoms with Crippen LogP contribution in [0.1, 0.15) is 55.9 Å². The Morgan fingerprint density at radius 3 is 2.15 bits per heavy atom. The zero-order valence-corrected chi connectivity index (χ0v) is 21.0. The van der Waals surface area contributed by atoms with Gasteiger partial charge in [0.25, 0.3) is 0 Å². The largest absolute Gasteiger partial charge is 0.457 e.